The molecule has 0 bridgehead atoms. The molecule has 1 unspecified atom stereocenters. The van der Waals surface area contributed by atoms with E-state index in [9.17, 15) is 14.9 Å². The Hall–Kier alpha value is -2.15. The van der Waals surface area contributed by atoms with Crippen LogP contribution in [-0.4, -0.2) is 24.1 Å². The van der Waals surface area contributed by atoms with Gasteiger partial charge < -0.3 is 15.2 Å². The second kappa shape index (κ2) is 5.97. The summed E-state index contributed by atoms with van der Waals surface area (Å²) >= 11 is 0. The summed E-state index contributed by atoms with van der Waals surface area (Å²) in [6.45, 7) is 1.64. The largest absolute Gasteiger partial charge is 0.472 e. The zero-order valence-corrected chi connectivity index (χ0v) is 10.1. The number of benzene rings is 1. The number of nitrogens with zero attached hydrogens (tertiary/aromatic N) is 1. The molecule has 1 aromatic rings. The predicted molar refractivity (Wildman–Crippen MR) is 63.1 cm³/mol. The lowest BCUT2D eigenvalue weighted by Crippen LogP contribution is -2.25. The third-order valence-corrected chi connectivity index (χ3v) is 2.29. The first-order valence-electron chi connectivity index (χ1n) is 5.21. The molecule has 0 aliphatic heterocycles. The molecule has 0 aliphatic rings. The second-order valence-corrected chi connectivity index (χ2v) is 3.55. The van der Waals surface area contributed by atoms with E-state index >= 15 is 0 Å². The minimum Gasteiger partial charge on any atom is -0.472 e. The van der Waals surface area contributed by atoms with Gasteiger partial charge in [-0.05, 0) is 18.6 Å². The van der Waals surface area contributed by atoms with Crippen molar-refractivity contribution in [2.75, 3.05) is 7.11 Å². The van der Waals surface area contributed by atoms with Gasteiger partial charge in [0.15, 0.2) is 11.9 Å². The van der Waals surface area contributed by atoms with Crippen molar-refractivity contribution in [1.29, 1.82) is 0 Å². The van der Waals surface area contributed by atoms with Crippen LogP contribution < -0.4 is 10.5 Å². The molecule has 7 heteroatoms. The standard InChI is InChI=1S/C11H14N2O5/c1-7(11(14)17-2)18-10-4-3-8(6-12)5-9(10)13(15)16/h3-5,7H,6,12H2,1-2H3. The zero-order chi connectivity index (χ0) is 13.7. The van der Waals surface area contributed by atoms with Gasteiger partial charge in [-0.15, -0.1) is 0 Å². The average Bonchev–Trinajstić information content (AvgIpc) is 2.37. The minimum atomic E-state index is -0.919. The summed E-state index contributed by atoms with van der Waals surface area (Å²) in [4.78, 5) is 21.5. The van der Waals surface area contributed by atoms with E-state index in [2.05, 4.69) is 4.74 Å². The summed E-state index contributed by atoms with van der Waals surface area (Å²) in [6, 6.07) is 4.34. The summed E-state index contributed by atoms with van der Waals surface area (Å²) in [5, 5.41) is 10.9. The number of nitrogens with two attached hydrogens (primary N) is 1. The van der Waals surface area contributed by atoms with Crippen molar-refractivity contribution in [2.45, 2.75) is 19.6 Å². The Kier molecular flexibility index (Phi) is 4.61. The Morgan fingerprint density at radius 2 is 2.22 bits per heavy atom. The lowest BCUT2D eigenvalue weighted by Gasteiger charge is -2.12. The molecule has 0 saturated heterocycles. The Labute approximate surface area is 104 Å². The fourth-order valence-electron chi connectivity index (χ4n) is 1.34. The number of carbonyl (C=O) groups excluding carboxylic acids is 1. The number of hydrogen-bond acceptors (Lipinski definition) is 6. The third kappa shape index (κ3) is 3.17. The average molecular weight is 254 g/mol. The van der Waals surface area contributed by atoms with E-state index in [1.165, 1.54) is 26.2 Å². The predicted octanol–water partition coefficient (Wildman–Crippen LogP) is 0.994. The Balaban J connectivity index is 3.01. The first-order chi connectivity index (χ1) is 8.49. The highest BCUT2D eigenvalue weighted by atomic mass is 16.6. The van der Waals surface area contributed by atoms with E-state index in [0.29, 0.717) is 5.56 Å². The smallest absolute Gasteiger partial charge is 0.346 e. The molecule has 0 radical (unpaired) electrons. The van der Waals surface area contributed by atoms with Gasteiger partial charge in [0.25, 0.3) is 0 Å². The second-order valence-electron chi connectivity index (χ2n) is 3.55. The SMILES string of the molecule is COC(=O)C(C)Oc1ccc(CN)cc1[N+](=O)[O-]. The van der Waals surface area contributed by atoms with E-state index in [-0.39, 0.29) is 18.0 Å². The summed E-state index contributed by atoms with van der Waals surface area (Å²) in [7, 11) is 1.22. The van der Waals surface area contributed by atoms with Crippen LogP contribution in [0.15, 0.2) is 18.2 Å². The maximum Gasteiger partial charge on any atom is 0.346 e. The number of ether oxygens (including phenoxy) is 2. The topological polar surface area (TPSA) is 105 Å². The van der Waals surface area contributed by atoms with Crippen molar-refractivity contribution in [1.82, 2.24) is 0 Å². The van der Waals surface area contributed by atoms with E-state index in [0.717, 1.165) is 0 Å². The molecule has 98 valence electrons. The molecule has 1 atom stereocenters. The number of rotatable bonds is 5. The molecule has 0 amide bonds. The van der Waals surface area contributed by atoms with Crippen LogP contribution in [0.2, 0.25) is 0 Å². The molecule has 0 fully saturated rings. The normalized spacial score (nSPS) is 11.7. The van der Waals surface area contributed by atoms with Gasteiger partial charge >= 0.3 is 11.7 Å². The van der Waals surface area contributed by atoms with Crippen molar-refractivity contribution >= 4 is 11.7 Å². The Morgan fingerprint density at radius 3 is 2.72 bits per heavy atom. The summed E-state index contributed by atoms with van der Waals surface area (Å²) < 4.78 is 9.68. The molecule has 0 aliphatic carbocycles. The van der Waals surface area contributed by atoms with Crippen LogP contribution in [0.1, 0.15) is 12.5 Å². The molecule has 1 aromatic carbocycles. The van der Waals surface area contributed by atoms with Crippen LogP contribution >= 0.6 is 0 Å². The lowest BCUT2D eigenvalue weighted by atomic mass is 10.2. The highest BCUT2D eigenvalue weighted by molar-refractivity contribution is 5.74. The maximum atomic E-state index is 11.2. The first kappa shape index (κ1) is 13.9. The van der Waals surface area contributed by atoms with E-state index in [1.807, 2.05) is 0 Å². The van der Waals surface area contributed by atoms with Gasteiger partial charge in [0, 0.05) is 12.6 Å². The number of nitro benzene ring substituents is 1. The number of carbonyl (C=O) groups is 1. The van der Waals surface area contributed by atoms with Crippen LogP contribution in [-0.2, 0) is 16.1 Å². The first-order valence-corrected chi connectivity index (χ1v) is 5.21. The molecule has 0 heterocycles. The van der Waals surface area contributed by atoms with Crippen LogP contribution in [0.4, 0.5) is 5.69 Å². The Bertz CT molecular complexity index is 461. The fraction of sp³-hybridized carbons (Fsp3) is 0.364. The number of methoxy groups -OCH3 is 1. The van der Waals surface area contributed by atoms with Gasteiger partial charge in [0.2, 0.25) is 0 Å². The van der Waals surface area contributed by atoms with Crippen LogP contribution in [0.25, 0.3) is 0 Å². The van der Waals surface area contributed by atoms with Gasteiger partial charge in [-0.2, -0.15) is 0 Å². The van der Waals surface area contributed by atoms with Crippen molar-refractivity contribution in [3.05, 3.63) is 33.9 Å². The van der Waals surface area contributed by atoms with Gasteiger partial charge in [0.1, 0.15) is 0 Å². The van der Waals surface area contributed by atoms with E-state index in [4.69, 9.17) is 10.5 Å². The van der Waals surface area contributed by atoms with E-state index < -0.39 is 17.0 Å². The maximum absolute atomic E-state index is 11.2. The van der Waals surface area contributed by atoms with Crippen LogP contribution in [0.3, 0.4) is 0 Å². The van der Waals surface area contributed by atoms with Crippen molar-refractivity contribution in [2.24, 2.45) is 5.73 Å². The van der Waals surface area contributed by atoms with Gasteiger partial charge in [0.05, 0.1) is 12.0 Å². The molecule has 2 N–H and O–H groups in total. The van der Waals surface area contributed by atoms with Crippen molar-refractivity contribution < 1.29 is 19.2 Å². The van der Waals surface area contributed by atoms with Crippen molar-refractivity contribution in [3.63, 3.8) is 0 Å². The molecule has 7 nitrogen and oxygen atoms in total. The summed E-state index contributed by atoms with van der Waals surface area (Å²) in [6.07, 6.45) is -0.919. The fourth-order valence-corrected chi connectivity index (χ4v) is 1.34. The molecule has 0 aromatic heterocycles. The molecule has 0 spiro atoms. The monoisotopic (exact) mass is 254 g/mol. The van der Waals surface area contributed by atoms with Gasteiger partial charge in [-0.3, -0.25) is 10.1 Å². The summed E-state index contributed by atoms with van der Waals surface area (Å²) in [5.41, 5.74) is 5.79. The van der Waals surface area contributed by atoms with Crippen LogP contribution in [0, 0.1) is 10.1 Å². The summed E-state index contributed by atoms with van der Waals surface area (Å²) in [5.74, 6) is -0.595. The zero-order valence-electron chi connectivity index (χ0n) is 10.1. The van der Waals surface area contributed by atoms with Crippen molar-refractivity contribution in [3.8, 4) is 5.75 Å². The number of hydrogen-bond donors (Lipinski definition) is 1. The molecular formula is C11H14N2O5. The van der Waals surface area contributed by atoms with Gasteiger partial charge in [-0.1, -0.05) is 6.07 Å². The highest BCUT2D eigenvalue weighted by Gasteiger charge is 2.21. The number of esters is 1. The Morgan fingerprint density at radius 1 is 1.56 bits per heavy atom. The van der Waals surface area contributed by atoms with Crippen LogP contribution in [0.5, 0.6) is 5.75 Å². The lowest BCUT2D eigenvalue weighted by molar-refractivity contribution is -0.386. The van der Waals surface area contributed by atoms with E-state index in [1.54, 1.807) is 6.07 Å². The third-order valence-electron chi connectivity index (χ3n) is 2.29. The quantitative estimate of drug-likeness (QED) is 0.477. The molecule has 0 saturated carbocycles. The highest BCUT2D eigenvalue weighted by Crippen LogP contribution is 2.28. The minimum absolute atomic E-state index is 0.00935. The van der Waals surface area contributed by atoms with Gasteiger partial charge in [-0.25, -0.2) is 4.79 Å². The number of nitro groups is 1. The molecular weight excluding hydrogens is 240 g/mol. The molecule has 18 heavy (non-hydrogen) atoms. The molecule has 1 rings (SSSR count).